The molecule has 8 aromatic carbocycles. The molecule has 2 aromatic heterocycles. The number of rotatable bonds is 5. The normalized spacial score (nSPS) is 15.0. The zero-order valence-corrected chi connectivity index (χ0v) is 34.6. The Balaban J connectivity index is 1.09. The summed E-state index contributed by atoms with van der Waals surface area (Å²) < 4.78 is 9.08. The molecule has 1 N–H and O–H groups in total. The van der Waals surface area contributed by atoms with Gasteiger partial charge in [-0.05, 0) is 57.6 Å². The summed E-state index contributed by atoms with van der Waals surface area (Å²) in [5.41, 5.74) is 12.0. The molecular formula is C56H35N5OS. The molecule has 1 unspecified atom stereocenters. The minimum atomic E-state index is -0.697. The molecule has 13 rings (SSSR count). The number of hydrogen-bond acceptors (Lipinski definition) is 7. The van der Waals surface area contributed by atoms with Gasteiger partial charge in [0.2, 0.25) is 0 Å². The topological polar surface area (TPSA) is 72.3 Å². The average Bonchev–Trinajstić information content (AvgIpc) is 3.88. The fraction of sp³-hybridized carbons (Fsp3) is 0.0357. The van der Waals surface area contributed by atoms with Gasteiger partial charge in [-0.15, -0.1) is 11.3 Å². The first-order chi connectivity index (χ1) is 31.2. The second-order valence-electron chi connectivity index (χ2n) is 16.1. The lowest BCUT2D eigenvalue weighted by Crippen LogP contribution is -2.37. The number of aromatic nitrogens is 3. The van der Waals surface area contributed by atoms with Crippen LogP contribution in [0.5, 0.6) is 11.5 Å². The maximum Gasteiger partial charge on any atom is 0.164 e. The van der Waals surface area contributed by atoms with Crippen LogP contribution in [0.3, 0.4) is 0 Å². The minimum Gasteiger partial charge on any atom is -0.457 e. The molecule has 0 saturated carbocycles. The number of nitrogens with one attached hydrogen (secondary N) is 1. The lowest BCUT2D eigenvalue weighted by atomic mass is 9.66. The van der Waals surface area contributed by atoms with Gasteiger partial charge in [0.25, 0.3) is 0 Å². The highest BCUT2D eigenvalue weighted by molar-refractivity contribution is 7.17. The van der Waals surface area contributed by atoms with Crippen molar-refractivity contribution in [3.05, 3.63) is 243 Å². The van der Waals surface area contributed by atoms with Gasteiger partial charge < -0.3 is 10.1 Å². The van der Waals surface area contributed by atoms with Gasteiger partial charge in [-0.25, -0.2) is 15.0 Å². The fourth-order valence-corrected chi connectivity index (χ4v) is 11.1. The Labute approximate surface area is 367 Å². The minimum absolute atomic E-state index is 0.357. The summed E-state index contributed by atoms with van der Waals surface area (Å²) in [7, 11) is 0. The zero-order valence-electron chi connectivity index (χ0n) is 33.7. The smallest absolute Gasteiger partial charge is 0.164 e. The van der Waals surface area contributed by atoms with Crippen LogP contribution in [0.1, 0.15) is 39.5 Å². The molecule has 6 nitrogen and oxygen atoms in total. The Bertz CT molecular complexity index is 3490. The summed E-state index contributed by atoms with van der Waals surface area (Å²) in [4.78, 5) is 21.2. The molecule has 0 fully saturated rings. The number of nitrogens with zero attached hydrogens (tertiary/aromatic N) is 4. The van der Waals surface area contributed by atoms with Gasteiger partial charge in [0.1, 0.15) is 17.7 Å². The summed E-state index contributed by atoms with van der Waals surface area (Å²) in [6.07, 6.45) is -0.357. The van der Waals surface area contributed by atoms with Crippen LogP contribution < -0.4 is 19.9 Å². The van der Waals surface area contributed by atoms with Crippen molar-refractivity contribution in [2.24, 2.45) is 4.99 Å². The van der Waals surface area contributed by atoms with Crippen molar-refractivity contribution >= 4 is 27.1 Å². The number of ether oxygens (including phenoxy) is 1. The molecule has 63 heavy (non-hydrogen) atoms. The van der Waals surface area contributed by atoms with E-state index < -0.39 is 5.41 Å². The largest absolute Gasteiger partial charge is 0.457 e. The van der Waals surface area contributed by atoms with Crippen LogP contribution in [0.4, 0.5) is 0 Å². The first-order valence-electron chi connectivity index (χ1n) is 21.2. The molecule has 7 heteroatoms. The van der Waals surface area contributed by atoms with E-state index in [0.29, 0.717) is 17.5 Å². The summed E-state index contributed by atoms with van der Waals surface area (Å²) in [6, 6.07) is 70.0. The molecule has 3 aliphatic rings. The molecule has 2 aliphatic heterocycles. The molecule has 10 aromatic rings. The molecule has 4 heterocycles. The van der Waals surface area contributed by atoms with E-state index in [-0.39, 0.29) is 6.17 Å². The Morgan fingerprint density at radius 3 is 1.73 bits per heavy atom. The van der Waals surface area contributed by atoms with Crippen molar-refractivity contribution in [3.8, 4) is 56.8 Å². The molecular weight excluding hydrogens is 791 g/mol. The number of para-hydroxylation sites is 2. The first kappa shape index (κ1) is 35.7. The van der Waals surface area contributed by atoms with Crippen LogP contribution in [0.15, 0.2) is 205 Å². The van der Waals surface area contributed by atoms with Crippen LogP contribution in [-0.2, 0) is 5.41 Å². The van der Waals surface area contributed by atoms with Crippen LogP contribution in [0.25, 0.3) is 61.1 Å². The SMILES string of the molecule is c1ccc(C2=c3sc4ccccc4c3=NC(c3ccc4c(c3)-c3c(-c5nc(-c6ccccc6)nc(-c6ccccc6)n5)cccc3C43c4ccccc4Oc4ccccc43)N2)cc1. The van der Waals surface area contributed by atoms with Crippen LogP contribution in [0, 0.1) is 0 Å². The molecule has 1 aliphatic carbocycles. The van der Waals surface area contributed by atoms with Crippen LogP contribution >= 0.6 is 11.3 Å². The summed E-state index contributed by atoms with van der Waals surface area (Å²) in [6.45, 7) is 0. The van der Waals surface area contributed by atoms with E-state index in [2.05, 4.69) is 169 Å². The highest BCUT2D eigenvalue weighted by Crippen LogP contribution is 2.63. The number of hydrogen-bond donors (Lipinski definition) is 1. The number of benzene rings is 8. The zero-order chi connectivity index (χ0) is 41.5. The van der Waals surface area contributed by atoms with E-state index in [9.17, 15) is 0 Å². The Morgan fingerprint density at radius 1 is 0.476 bits per heavy atom. The van der Waals surface area contributed by atoms with Crippen molar-refractivity contribution < 1.29 is 4.74 Å². The highest BCUT2D eigenvalue weighted by atomic mass is 32.1. The lowest BCUT2D eigenvalue weighted by molar-refractivity contribution is 0.436. The Morgan fingerprint density at radius 2 is 1.05 bits per heavy atom. The summed E-state index contributed by atoms with van der Waals surface area (Å²) in [5, 5.41) is 6.12. The van der Waals surface area contributed by atoms with E-state index in [1.54, 1.807) is 11.3 Å². The van der Waals surface area contributed by atoms with Gasteiger partial charge >= 0.3 is 0 Å². The van der Waals surface area contributed by atoms with Crippen molar-refractivity contribution in [1.29, 1.82) is 0 Å². The molecule has 296 valence electrons. The number of thiophene rings is 1. The lowest BCUT2D eigenvalue weighted by Gasteiger charge is -2.39. The fourth-order valence-electron chi connectivity index (χ4n) is 9.93. The van der Waals surface area contributed by atoms with Crippen molar-refractivity contribution in [2.45, 2.75) is 11.6 Å². The highest BCUT2D eigenvalue weighted by Gasteiger charge is 2.52. The van der Waals surface area contributed by atoms with E-state index in [1.807, 2.05) is 36.4 Å². The molecule has 0 bridgehead atoms. The molecule has 0 radical (unpaired) electrons. The Kier molecular flexibility index (Phi) is 7.95. The van der Waals surface area contributed by atoms with Gasteiger partial charge in [0, 0.05) is 37.9 Å². The summed E-state index contributed by atoms with van der Waals surface area (Å²) >= 11 is 1.79. The first-order valence-corrected chi connectivity index (χ1v) is 22.0. The molecule has 1 atom stereocenters. The van der Waals surface area contributed by atoms with E-state index >= 15 is 0 Å². The predicted molar refractivity (Wildman–Crippen MR) is 251 cm³/mol. The van der Waals surface area contributed by atoms with E-state index in [0.717, 1.165) is 82.7 Å². The summed E-state index contributed by atoms with van der Waals surface area (Å²) in [5.74, 6) is 3.52. The van der Waals surface area contributed by atoms with Gasteiger partial charge in [0.05, 0.1) is 21.0 Å². The molecule has 1 spiro atoms. The van der Waals surface area contributed by atoms with Gasteiger partial charge in [-0.3, -0.25) is 4.99 Å². The van der Waals surface area contributed by atoms with Crippen molar-refractivity contribution in [3.63, 3.8) is 0 Å². The third-order valence-corrected chi connectivity index (χ3v) is 13.8. The molecule has 0 amide bonds. The number of fused-ring (bicyclic) bond motifs is 12. The van der Waals surface area contributed by atoms with E-state index in [1.165, 1.54) is 15.6 Å². The third-order valence-electron chi connectivity index (χ3n) is 12.6. The monoisotopic (exact) mass is 825 g/mol. The predicted octanol–water partition coefficient (Wildman–Crippen LogP) is 11.6. The van der Waals surface area contributed by atoms with Gasteiger partial charge in [0.15, 0.2) is 17.5 Å². The average molecular weight is 826 g/mol. The Hall–Kier alpha value is -8.00. The second kappa shape index (κ2) is 14.0. The van der Waals surface area contributed by atoms with Crippen molar-refractivity contribution in [1.82, 2.24) is 20.3 Å². The maximum atomic E-state index is 6.71. The standard InChI is InChI=1S/C56H35N5OS/c1-4-17-34(18-5-1)49-51-50(38-23-10-15-30-47(38)63-51)58-54(57-49)37-31-32-41-40(33-37)48-39(55-60-52(35-19-6-2-7-20-35)59-53(61-55)36-21-8-3-9-22-36)24-16-27-44(48)56(41)42-25-11-13-28-45(42)62-46-29-14-12-26-43(46)56/h1-33,54,57H. The quantitative estimate of drug-likeness (QED) is 0.187. The van der Waals surface area contributed by atoms with E-state index in [4.69, 9.17) is 24.7 Å². The van der Waals surface area contributed by atoms with Gasteiger partial charge in [-0.2, -0.15) is 0 Å². The van der Waals surface area contributed by atoms with Crippen molar-refractivity contribution in [2.75, 3.05) is 0 Å². The van der Waals surface area contributed by atoms with Gasteiger partial charge in [-0.1, -0.05) is 176 Å². The second-order valence-corrected chi connectivity index (χ2v) is 17.2. The maximum absolute atomic E-state index is 6.71. The van der Waals surface area contributed by atoms with Crippen LogP contribution in [0.2, 0.25) is 0 Å². The third kappa shape index (κ3) is 5.43. The molecule has 0 saturated heterocycles. The van der Waals surface area contributed by atoms with Crippen LogP contribution in [-0.4, -0.2) is 15.0 Å².